The van der Waals surface area contributed by atoms with Crippen LogP contribution in [0.4, 0.5) is 0 Å². The Hall–Kier alpha value is 2.19. The Morgan fingerprint density at radius 3 is 1.86 bits per heavy atom. The average molecular weight is 436 g/mol. The summed E-state index contributed by atoms with van der Waals surface area (Å²) in [6.07, 6.45) is 0. The third-order valence-corrected chi connectivity index (χ3v) is 7.04. The van der Waals surface area contributed by atoms with E-state index in [0.717, 1.165) is 7.85 Å². The van der Waals surface area contributed by atoms with Crippen LogP contribution in [0.15, 0.2) is 0 Å². The molecule has 0 aliphatic carbocycles. The summed E-state index contributed by atoms with van der Waals surface area (Å²) in [5.41, 5.74) is 0. The molecule has 0 fully saturated rings. The minimum atomic E-state index is 0.815. The van der Waals surface area contributed by atoms with Crippen molar-refractivity contribution in [2.75, 3.05) is 4.43 Å². The Kier molecular flexibility index (Phi) is 6.58. The first-order chi connectivity index (χ1) is 3.18. The summed E-state index contributed by atoms with van der Waals surface area (Å²) in [5.74, 6) is 0. The van der Waals surface area contributed by atoms with E-state index in [0.29, 0.717) is 0 Å². The summed E-state index contributed by atoms with van der Waals surface area (Å²) in [4.78, 5) is 0. The monoisotopic (exact) mass is 436 g/mol. The highest BCUT2D eigenvalue weighted by atomic mass is 127. The molecule has 0 nitrogen and oxygen atoms in total. The van der Waals surface area contributed by atoms with Crippen LogP contribution in [-0.2, 0) is 0 Å². The molecule has 2 atom stereocenters. The van der Waals surface area contributed by atoms with Crippen molar-refractivity contribution in [3.05, 3.63) is 0 Å². The summed E-state index contributed by atoms with van der Waals surface area (Å²) in [5, 5.41) is 0. The molecule has 0 amide bonds. The molecule has 0 rings (SSSR count). The topological polar surface area (TPSA) is 0 Å². The zero-order valence-electron chi connectivity index (χ0n) is 4.00. The fourth-order valence-corrected chi connectivity index (χ4v) is 2.11. The van der Waals surface area contributed by atoms with Gasteiger partial charge in [0, 0.05) is 12.3 Å². The maximum absolute atomic E-state index is 2.48. The molecule has 0 heterocycles. The molecule has 2 unspecified atom stereocenters. The van der Waals surface area contributed by atoms with E-state index in [1.165, 1.54) is 4.43 Å². The summed E-state index contributed by atoms with van der Waals surface area (Å²) in [6, 6.07) is 0. The average Bonchev–Trinajstić information content (AvgIpc) is 1.65. The quantitative estimate of drug-likeness (QED) is 0.462. The van der Waals surface area contributed by atoms with E-state index in [1.54, 1.807) is 0 Å². The van der Waals surface area contributed by atoms with Crippen LogP contribution in [0.5, 0.6) is 0 Å². The molecule has 0 bridgehead atoms. The molecule has 0 spiro atoms. The van der Waals surface area contributed by atoms with Crippen LogP contribution in [0.1, 0.15) is 6.92 Å². The molecular weight excluding hydrogens is 429 g/mol. The molecule has 44 valence electrons. The molecule has 0 aromatic heterocycles. The molecule has 0 aromatic rings. The standard InChI is InChI=1S/C4H7I3/c1-3(6)4(7)2-5/h3-4H,2H2,1H3. The molecule has 0 radical (unpaired) electrons. The third kappa shape index (κ3) is 4.68. The predicted molar refractivity (Wildman–Crippen MR) is 60.2 cm³/mol. The van der Waals surface area contributed by atoms with Crippen LogP contribution in [0.2, 0.25) is 0 Å². The summed E-state index contributed by atoms with van der Waals surface area (Å²) < 4.78 is 2.93. The lowest BCUT2D eigenvalue weighted by Crippen LogP contribution is -2.09. The predicted octanol–water partition coefficient (Wildman–Crippen LogP) is 3.05. The van der Waals surface area contributed by atoms with Gasteiger partial charge in [-0.3, -0.25) is 0 Å². The van der Waals surface area contributed by atoms with Crippen molar-refractivity contribution in [1.29, 1.82) is 0 Å². The maximum Gasteiger partial charge on any atom is 0.0314 e. The molecule has 0 aromatic carbocycles. The highest BCUT2D eigenvalue weighted by Gasteiger charge is 2.06. The fraction of sp³-hybridized carbons (Fsp3) is 1.00. The summed E-state index contributed by atoms with van der Waals surface area (Å²) in [6.45, 7) is 2.25. The Morgan fingerprint density at radius 2 is 1.86 bits per heavy atom. The van der Waals surface area contributed by atoms with Gasteiger partial charge in [0.15, 0.2) is 0 Å². The largest absolute Gasteiger partial charge is 0.0852 e. The highest BCUT2D eigenvalue weighted by Crippen LogP contribution is 2.16. The number of alkyl halides is 3. The fourth-order valence-electron chi connectivity index (χ4n) is 0.123. The van der Waals surface area contributed by atoms with E-state index < -0.39 is 0 Å². The van der Waals surface area contributed by atoms with Crippen molar-refractivity contribution >= 4 is 67.8 Å². The lowest BCUT2D eigenvalue weighted by molar-refractivity contribution is 1.02. The summed E-state index contributed by atoms with van der Waals surface area (Å²) in [7, 11) is 0. The normalized spacial score (nSPS) is 18.9. The second kappa shape index (κ2) is 5.01. The smallest absolute Gasteiger partial charge is 0.0314 e. The van der Waals surface area contributed by atoms with Gasteiger partial charge >= 0.3 is 0 Å². The van der Waals surface area contributed by atoms with E-state index in [1.807, 2.05) is 0 Å². The zero-order valence-corrected chi connectivity index (χ0v) is 10.5. The number of hydrogen-bond donors (Lipinski definition) is 0. The molecule has 0 N–H and O–H groups in total. The first-order valence-corrected chi connectivity index (χ1v) is 6.04. The van der Waals surface area contributed by atoms with Crippen LogP contribution in [0.3, 0.4) is 0 Å². The Bertz CT molecular complexity index is 44.2. The minimum absolute atomic E-state index is 0.815. The maximum atomic E-state index is 2.48. The van der Waals surface area contributed by atoms with E-state index in [-0.39, 0.29) is 0 Å². The number of halogens is 3. The van der Waals surface area contributed by atoms with Gasteiger partial charge in [-0.2, -0.15) is 0 Å². The second-order valence-electron chi connectivity index (χ2n) is 1.35. The Labute approximate surface area is 85.6 Å². The first kappa shape index (κ1) is 9.19. The molecule has 7 heavy (non-hydrogen) atoms. The van der Waals surface area contributed by atoms with E-state index in [4.69, 9.17) is 0 Å². The van der Waals surface area contributed by atoms with E-state index >= 15 is 0 Å². The number of hydrogen-bond acceptors (Lipinski definition) is 0. The van der Waals surface area contributed by atoms with Gasteiger partial charge < -0.3 is 0 Å². The molecule has 0 aliphatic heterocycles. The highest BCUT2D eigenvalue weighted by molar-refractivity contribution is 14.1. The van der Waals surface area contributed by atoms with Crippen LogP contribution in [0, 0.1) is 0 Å². The Balaban J connectivity index is 3.14. The van der Waals surface area contributed by atoms with Gasteiger partial charge in [0.2, 0.25) is 0 Å². The molecule has 0 saturated heterocycles. The SMILES string of the molecule is CC(I)C(I)CI. The van der Waals surface area contributed by atoms with Crippen LogP contribution >= 0.6 is 67.8 Å². The van der Waals surface area contributed by atoms with Gasteiger partial charge in [0.05, 0.1) is 0 Å². The van der Waals surface area contributed by atoms with Crippen molar-refractivity contribution < 1.29 is 0 Å². The number of rotatable bonds is 2. The van der Waals surface area contributed by atoms with E-state index in [2.05, 4.69) is 74.7 Å². The van der Waals surface area contributed by atoms with Gasteiger partial charge in [-0.1, -0.05) is 74.7 Å². The van der Waals surface area contributed by atoms with Crippen LogP contribution < -0.4 is 0 Å². The molecule has 3 heteroatoms. The lowest BCUT2D eigenvalue weighted by atomic mass is 10.4. The minimum Gasteiger partial charge on any atom is -0.0852 e. The zero-order chi connectivity index (χ0) is 5.86. The van der Waals surface area contributed by atoms with Crippen molar-refractivity contribution in [2.45, 2.75) is 14.8 Å². The van der Waals surface area contributed by atoms with Crippen molar-refractivity contribution in [3.63, 3.8) is 0 Å². The van der Waals surface area contributed by atoms with Crippen LogP contribution in [0.25, 0.3) is 0 Å². The van der Waals surface area contributed by atoms with Gasteiger partial charge in [-0.25, -0.2) is 0 Å². The summed E-state index contributed by atoms with van der Waals surface area (Å²) >= 11 is 7.35. The Morgan fingerprint density at radius 1 is 1.43 bits per heavy atom. The van der Waals surface area contributed by atoms with Crippen molar-refractivity contribution in [3.8, 4) is 0 Å². The van der Waals surface area contributed by atoms with Gasteiger partial charge in [0.25, 0.3) is 0 Å². The van der Waals surface area contributed by atoms with Crippen molar-refractivity contribution in [2.24, 2.45) is 0 Å². The molecule has 0 saturated carbocycles. The third-order valence-electron chi connectivity index (χ3n) is 0.646. The lowest BCUT2D eigenvalue weighted by Gasteiger charge is -2.05. The molecule has 0 aliphatic rings. The van der Waals surface area contributed by atoms with Crippen molar-refractivity contribution in [1.82, 2.24) is 0 Å². The van der Waals surface area contributed by atoms with E-state index in [9.17, 15) is 0 Å². The van der Waals surface area contributed by atoms with Gasteiger partial charge in [-0.15, -0.1) is 0 Å². The first-order valence-electron chi connectivity index (χ1n) is 2.02. The van der Waals surface area contributed by atoms with Crippen LogP contribution in [-0.4, -0.2) is 12.3 Å². The van der Waals surface area contributed by atoms with Gasteiger partial charge in [-0.05, 0) is 0 Å². The second-order valence-corrected chi connectivity index (χ2v) is 5.79. The van der Waals surface area contributed by atoms with Gasteiger partial charge in [0.1, 0.15) is 0 Å². The molecular formula is C4H7I3.